The molecule has 9 heteroatoms. The highest BCUT2D eigenvalue weighted by Gasteiger charge is 2.41. The van der Waals surface area contributed by atoms with E-state index in [-0.39, 0.29) is 11.1 Å². The zero-order valence-corrected chi connectivity index (χ0v) is 9.95. The smallest absolute Gasteiger partial charge is 0.453 e. The first-order valence-corrected chi connectivity index (χ1v) is 5.51. The average Bonchev–Trinajstić information content (AvgIpc) is 2.85. The molecule has 1 atom stereocenters. The Hall–Kier alpha value is -2.45. The normalized spacial score (nSPS) is 13.2. The zero-order valence-electron chi connectivity index (χ0n) is 9.95. The van der Waals surface area contributed by atoms with Gasteiger partial charge >= 0.3 is 12.1 Å². The fraction of sp³-hybridized carbons (Fsp3) is 0.273. The van der Waals surface area contributed by atoms with Gasteiger partial charge in [0.2, 0.25) is 0 Å². The molecule has 20 heavy (non-hydrogen) atoms. The lowest BCUT2D eigenvalue weighted by atomic mass is 10.1. The Morgan fingerprint density at radius 3 is 2.50 bits per heavy atom. The summed E-state index contributed by atoms with van der Waals surface area (Å²) < 4.78 is 38.4. The van der Waals surface area contributed by atoms with E-state index in [1.54, 1.807) is 30.3 Å². The van der Waals surface area contributed by atoms with Gasteiger partial charge in [-0.1, -0.05) is 30.3 Å². The molecule has 2 rings (SSSR count). The van der Waals surface area contributed by atoms with Crippen LogP contribution in [0.1, 0.15) is 17.4 Å². The predicted octanol–water partition coefficient (Wildman–Crippen LogP) is 1.56. The maximum atomic E-state index is 12.7. The van der Waals surface area contributed by atoms with Gasteiger partial charge in [-0.15, -0.1) is 5.10 Å². The first-order valence-electron chi connectivity index (χ1n) is 5.51. The molecule has 0 aliphatic rings. The molecule has 0 aliphatic heterocycles. The van der Waals surface area contributed by atoms with Crippen molar-refractivity contribution in [3.05, 3.63) is 41.7 Å². The Labute approximate surface area is 110 Å². The van der Waals surface area contributed by atoms with Gasteiger partial charge in [-0.3, -0.25) is 0 Å². The average molecular weight is 286 g/mol. The fourth-order valence-electron chi connectivity index (χ4n) is 1.71. The number of tetrazole rings is 1. The molecule has 0 saturated heterocycles. The molecule has 1 unspecified atom stereocenters. The quantitative estimate of drug-likeness (QED) is 0.922. The molecule has 106 valence electrons. The Balaban J connectivity index is 2.35. The van der Waals surface area contributed by atoms with E-state index in [1.807, 2.05) is 0 Å². The number of carboxylic acids is 1. The summed E-state index contributed by atoms with van der Waals surface area (Å²) in [7, 11) is 0. The van der Waals surface area contributed by atoms with Gasteiger partial charge in [0.25, 0.3) is 5.82 Å². The van der Waals surface area contributed by atoms with E-state index in [0.717, 1.165) is 0 Å². The second kappa shape index (κ2) is 5.27. The van der Waals surface area contributed by atoms with E-state index < -0.39 is 24.0 Å². The first-order chi connectivity index (χ1) is 9.39. The largest absolute Gasteiger partial charge is 0.480 e. The van der Waals surface area contributed by atoms with Crippen molar-refractivity contribution in [2.75, 3.05) is 0 Å². The number of benzene rings is 1. The van der Waals surface area contributed by atoms with E-state index in [0.29, 0.717) is 5.56 Å². The highest BCUT2D eigenvalue weighted by molar-refractivity contribution is 5.72. The van der Waals surface area contributed by atoms with Crippen LogP contribution in [0.3, 0.4) is 0 Å². The van der Waals surface area contributed by atoms with Gasteiger partial charge in [0, 0.05) is 6.42 Å². The lowest BCUT2D eigenvalue weighted by Crippen LogP contribution is -2.27. The van der Waals surface area contributed by atoms with Crippen LogP contribution >= 0.6 is 0 Å². The van der Waals surface area contributed by atoms with Gasteiger partial charge < -0.3 is 5.11 Å². The third kappa shape index (κ3) is 2.92. The van der Waals surface area contributed by atoms with Crippen LogP contribution in [0.2, 0.25) is 0 Å². The first kappa shape index (κ1) is 14.0. The molecule has 1 aromatic heterocycles. The van der Waals surface area contributed by atoms with Crippen LogP contribution in [0.4, 0.5) is 13.2 Å². The number of aliphatic carboxylic acids is 1. The minimum Gasteiger partial charge on any atom is -0.480 e. The van der Waals surface area contributed by atoms with Crippen molar-refractivity contribution in [2.45, 2.75) is 18.6 Å². The molecule has 1 N–H and O–H groups in total. The van der Waals surface area contributed by atoms with Gasteiger partial charge in [-0.2, -0.15) is 13.2 Å². The number of nitrogens with zero attached hydrogens (tertiary/aromatic N) is 4. The standard InChI is InChI=1S/C11H9F3N4O2/c12-11(13,14)10-15-16-17-18(10)8(9(19)20)6-7-4-2-1-3-5-7/h1-5,8H,6H2,(H,19,20). The van der Waals surface area contributed by atoms with Crippen molar-refractivity contribution in [1.29, 1.82) is 0 Å². The number of halogens is 3. The third-order valence-electron chi connectivity index (χ3n) is 2.60. The topological polar surface area (TPSA) is 80.9 Å². The number of carbonyl (C=O) groups is 1. The van der Waals surface area contributed by atoms with E-state index in [2.05, 4.69) is 15.5 Å². The molecule has 0 bridgehead atoms. The van der Waals surface area contributed by atoms with Crippen LogP contribution in [0.25, 0.3) is 0 Å². The maximum absolute atomic E-state index is 12.7. The molecular formula is C11H9F3N4O2. The van der Waals surface area contributed by atoms with Gasteiger partial charge in [0.1, 0.15) is 0 Å². The molecule has 0 aliphatic carbocycles. The van der Waals surface area contributed by atoms with E-state index in [9.17, 15) is 18.0 Å². The lowest BCUT2D eigenvalue weighted by Gasteiger charge is -2.15. The molecule has 0 radical (unpaired) electrons. The highest BCUT2D eigenvalue weighted by atomic mass is 19.4. The molecule has 0 saturated carbocycles. The summed E-state index contributed by atoms with van der Waals surface area (Å²) in [6, 6.07) is 6.76. The number of hydrogen-bond donors (Lipinski definition) is 1. The molecule has 0 spiro atoms. The van der Waals surface area contributed by atoms with Gasteiger partial charge in [-0.05, 0) is 16.0 Å². The SMILES string of the molecule is O=C(O)C(Cc1ccccc1)n1nnnc1C(F)(F)F. The minimum absolute atomic E-state index is 0.149. The molecular weight excluding hydrogens is 277 g/mol. The van der Waals surface area contributed by atoms with Crippen molar-refractivity contribution in [2.24, 2.45) is 0 Å². The van der Waals surface area contributed by atoms with Crippen molar-refractivity contribution in [1.82, 2.24) is 20.2 Å². The van der Waals surface area contributed by atoms with Crippen molar-refractivity contribution in [3.8, 4) is 0 Å². The van der Waals surface area contributed by atoms with E-state index >= 15 is 0 Å². The summed E-state index contributed by atoms with van der Waals surface area (Å²) in [6.07, 6.45) is -4.96. The van der Waals surface area contributed by atoms with Crippen LogP contribution in [0.5, 0.6) is 0 Å². The molecule has 0 fully saturated rings. The van der Waals surface area contributed by atoms with Crippen LogP contribution in [0.15, 0.2) is 30.3 Å². The fourth-order valence-corrected chi connectivity index (χ4v) is 1.71. The number of alkyl halides is 3. The summed E-state index contributed by atoms with van der Waals surface area (Å²) in [4.78, 5) is 11.2. The number of hydrogen-bond acceptors (Lipinski definition) is 4. The number of carboxylic acid groups (broad SMARTS) is 1. The summed E-state index contributed by atoms with van der Waals surface area (Å²) in [5.41, 5.74) is 0.573. The second-order valence-electron chi connectivity index (χ2n) is 3.99. The van der Waals surface area contributed by atoms with E-state index in [4.69, 9.17) is 5.11 Å². The van der Waals surface area contributed by atoms with Crippen LogP contribution in [0, 0.1) is 0 Å². The summed E-state index contributed by atoms with van der Waals surface area (Å²) in [5, 5.41) is 18.0. The molecule has 1 heterocycles. The summed E-state index contributed by atoms with van der Waals surface area (Å²) in [5.74, 6) is -2.87. The second-order valence-corrected chi connectivity index (χ2v) is 3.99. The summed E-state index contributed by atoms with van der Waals surface area (Å²) in [6.45, 7) is 0. The zero-order chi connectivity index (χ0) is 14.8. The predicted molar refractivity (Wildman–Crippen MR) is 59.6 cm³/mol. The Morgan fingerprint density at radius 1 is 1.30 bits per heavy atom. The van der Waals surface area contributed by atoms with Gasteiger partial charge in [0.05, 0.1) is 0 Å². The lowest BCUT2D eigenvalue weighted by molar-refractivity contribution is -0.152. The minimum atomic E-state index is -4.81. The Morgan fingerprint density at radius 2 is 1.95 bits per heavy atom. The molecule has 2 aromatic rings. The number of rotatable bonds is 4. The van der Waals surface area contributed by atoms with Crippen LogP contribution in [-0.2, 0) is 17.4 Å². The molecule has 0 amide bonds. The monoisotopic (exact) mass is 286 g/mol. The Kier molecular flexibility index (Phi) is 3.68. The van der Waals surface area contributed by atoms with E-state index in [1.165, 1.54) is 0 Å². The highest BCUT2D eigenvalue weighted by Crippen LogP contribution is 2.29. The van der Waals surface area contributed by atoms with Crippen molar-refractivity contribution >= 4 is 5.97 Å². The number of aromatic nitrogens is 4. The molecule has 6 nitrogen and oxygen atoms in total. The van der Waals surface area contributed by atoms with Crippen LogP contribution < -0.4 is 0 Å². The molecule has 1 aromatic carbocycles. The summed E-state index contributed by atoms with van der Waals surface area (Å²) >= 11 is 0. The third-order valence-corrected chi connectivity index (χ3v) is 2.60. The Bertz CT molecular complexity index is 597. The maximum Gasteiger partial charge on any atom is 0.453 e. The van der Waals surface area contributed by atoms with Gasteiger partial charge in [-0.25, -0.2) is 9.48 Å². The van der Waals surface area contributed by atoms with Crippen molar-refractivity contribution < 1.29 is 23.1 Å². The van der Waals surface area contributed by atoms with Gasteiger partial charge in [0.15, 0.2) is 6.04 Å². The van der Waals surface area contributed by atoms with Crippen molar-refractivity contribution in [3.63, 3.8) is 0 Å². The van der Waals surface area contributed by atoms with Crippen LogP contribution in [-0.4, -0.2) is 31.3 Å².